The van der Waals surface area contributed by atoms with Crippen LogP contribution in [0.2, 0.25) is 55.9 Å². The lowest BCUT2D eigenvalue weighted by Crippen LogP contribution is -2.35. The molecule has 0 bridgehead atoms. The van der Waals surface area contributed by atoms with Crippen molar-refractivity contribution in [1.82, 2.24) is 0 Å². The van der Waals surface area contributed by atoms with Gasteiger partial charge >= 0.3 is 25.7 Å². The SMILES string of the molecule is CO[Si](C)(CCCCC[SiH](CCCCC[Si](C)(OC)OC)CCCCC[Si](C)(OC)OC)OC. The van der Waals surface area contributed by atoms with Crippen molar-refractivity contribution >= 4 is 34.5 Å². The molecule has 0 aromatic carbocycles. The van der Waals surface area contributed by atoms with Gasteiger partial charge in [0.05, 0.1) is 0 Å². The largest absolute Gasteiger partial charge is 0.398 e. The van der Waals surface area contributed by atoms with Gasteiger partial charge < -0.3 is 26.6 Å². The van der Waals surface area contributed by atoms with Crippen LogP contribution >= 0.6 is 0 Å². The van der Waals surface area contributed by atoms with Crippen molar-refractivity contribution in [2.24, 2.45) is 0 Å². The Morgan fingerprint density at radius 3 is 0.824 bits per heavy atom. The molecule has 0 radical (unpaired) electrons. The van der Waals surface area contributed by atoms with Crippen LogP contribution in [0.1, 0.15) is 57.8 Å². The normalized spacial score (nSPS) is 13.2. The molecule has 206 valence electrons. The molecule has 0 atom stereocenters. The molecule has 0 fully saturated rings. The lowest BCUT2D eigenvalue weighted by atomic mass is 10.3. The van der Waals surface area contributed by atoms with Crippen LogP contribution in [0.3, 0.4) is 0 Å². The summed E-state index contributed by atoms with van der Waals surface area (Å²) in [6.07, 6.45) is 11.8. The van der Waals surface area contributed by atoms with Gasteiger partial charge in [-0.3, -0.25) is 0 Å². The van der Waals surface area contributed by atoms with Crippen molar-refractivity contribution in [2.45, 2.75) is 114 Å². The Balaban J connectivity index is 4.40. The molecule has 10 heteroatoms. The third kappa shape index (κ3) is 15.7. The highest BCUT2D eigenvalue weighted by Crippen LogP contribution is 2.24. The van der Waals surface area contributed by atoms with Crippen LogP contribution in [-0.2, 0) is 26.6 Å². The van der Waals surface area contributed by atoms with Crippen LogP contribution in [-0.4, -0.2) is 77.1 Å². The molecule has 0 heterocycles. The highest BCUT2D eigenvalue weighted by atomic mass is 28.4. The second-order valence-electron chi connectivity index (χ2n) is 10.3. The van der Waals surface area contributed by atoms with Crippen LogP contribution in [0.5, 0.6) is 0 Å². The lowest BCUT2D eigenvalue weighted by Gasteiger charge is -2.23. The van der Waals surface area contributed by atoms with Gasteiger partial charge in [0.2, 0.25) is 0 Å². The average Bonchev–Trinajstić information content (AvgIpc) is 2.86. The van der Waals surface area contributed by atoms with E-state index in [-0.39, 0.29) is 0 Å². The number of hydrogen-bond donors (Lipinski definition) is 0. The summed E-state index contributed by atoms with van der Waals surface area (Å²) in [4.78, 5) is 0. The Hall–Kier alpha value is 0.628. The van der Waals surface area contributed by atoms with E-state index in [2.05, 4.69) is 19.6 Å². The molecule has 0 spiro atoms. The highest BCUT2D eigenvalue weighted by molar-refractivity contribution is 6.66. The predicted octanol–water partition coefficient (Wildman–Crippen LogP) is 6.82. The van der Waals surface area contributed by atoms with E-state index >= 15 is 0 Å². The minimum absolute atomic E-state index is 0.685. The van der Waals surface area contributed by atoms with Crippen LogP contribution < -0.4 is 0 Å². The van der Waals surface area contributed by atoms with Crippen LogP contribution in [0.4, 0.5) is 0 Å². The molecule has 0 aromatic heterocycles. The molecule has 0 rings (SSSR count). The first-order valence-electron chi connectivity index (χ1n) is 13.5. The van der Waals surface area contributed by atoms with Gasteiger partial charge in [-0.1, -0.05) is 75.9 Å². The van der Waals surface area contributed by atoms with Crippen molar-refractivity contribution in [2.75, 3.05) is 42.7 Å². The smallest absolute Gasteiger partial charge is 0.334 e. The fraction of sp³-hybridized carbons (Fsp3) is 1.00. The van der Waals surface area contributed by atoms with Gasteiger partial charge in [-0.25, -0.2) is 0 Å². The quantitative estimate of drug-likeness (QED) is 0.0964. The zero-order valence-electron chi connectivity index (χ0n) is 24.1. The molecule has 0 aliphatic carbocycles. The monoisotopic (exact) mass is 554 g/mol. The van der Waals surface area contributed by atoms with E-state index in [1.165, 1.54) is 75.9 Å². The summed E-state index contributed by atoms with van der Waals surface area (Å²) in [6.45, 7) is 6.52. The molecule has 0 aromatic rings. The first kappa shape index (κ1) is 34.6. The molecule has 0 saturated carbocycles. The second kappa shape index (κ2) is 19.7. The maximum atomic E-state index is 5.64. The van der Waals surface area contributed by atoms with Gasteiger partial charge in [-0.15, -0.1) is 0 Å². The summed E-state index contributed by atoms with van der Waals surface area (Å²) < 4.78 is 33.9. The van der Waals surface area contributed by atoms with E-state index in [1.54, 1.807) is 42.7 Å². The zero-order chi connectivity index (χ0) is 25.9. The molecular weight excluding hydrogens is 497 g/mol. The van der Waals surface area contributed by atoms with Gasteiger partial charge in [0, 0.05) is 51.5 Å². The standard InChI is InChI=1S/C24H58O6Si4/c1-25-32(7,26-2)22-16-10-13-19-31(20-14-11-17-23-33(8,27-3)28-4)21-15-12-18-24-34(9,29-5)30-6/h31H,10-24H2,1-9H3. The molecular formula is C24H58O6Si4. The number of hydrogen-bond acceptors (Lipinski definition) is 6. The first-order valence-corrected chi connectivity index (χ1v) is 23.5. The highest BCUT2D eigenvalue weighted by Gasteiger charge is 2.29. The van der Waals surface area contributed by atoms with Crippen LogP contribution in [0.25, 0.3) is 0 Å². The van der Waals surface area contributed by atoms with E-state index in [4.69, 9.17) is 26.6 Å². The Bertz CT molecular complexity index is 408. The third-order valence-electron chi connectivity index (χ3n) is 7.82. The van der Waals surface area contributed by atoms with Crippen molar-refractivity contribution in [3.8, 4) is 0 Å². The summed E-state index contributed by atoms with van der Waals surface area (Å²) in [5.74, 6) is 0. The Kier molecular flexibility index (Phi) is 20.1. The van der Waals surface area contributed by atoms with Crippen LogP contribution in [0.15, 0.2) is 0 Å². The summed E-state index contributed by atoms with van der Waals surface area (Å²) in [7, 11) is 4.40. The van der Waals surface area contributed by atoms with Gasteiger partial charge in [-0.2, -0.15) is 0 Å². The molecule has 0 unspecified atom stereocenters. The van der Waals surface area contributed by atoms with Gasteiger partial charge in [-0.05, 0) is 37.8 Å². The summed E-state index contributed by atoms with van der Waals surface area (Å²) in [6, 6.07) is 7.79. The summed E-state index contributed by atoms with van der Waals surface area (Å²) >= 11 is 0. The van der Waals surface area contributed by atoms with Gasteiger partial charge in [0.1, 0.15) is 0 Å². The van der Waals surface area contributed by atoms with Gasteiger partial charge in [0.25, 0.3) is 0 Å². The summed E-state index contributed by atoms with van der Waals surface area (Å²) in [5, 5.41) is 0. The maximum Gasteiger partial charge on any atom is 0.334 e. The second-order valence-corrected chi connectivity index (χ2v) is 24.5. The molecule has 6 nitrogen and oxygen atoms in total. The van der Waals surface area contributed by atoms with Crippen molar-refractivity contribution in [1.29, 1.82) is 0 Å². The third-order valence-corrected chi connectivity index (χ3v) is 20.5. The van der Waals surface area contributed by atoms with E-state index in [9.17, 15) is 0 Å². The minimum Gasteiger partial charge on any atom is -0.398 e. The van der Waals surface area contributed by atoms with E-state index in [0.717, 1.165) is 18.1 Å². The molecule has 0 saturated heterocycles. The average molecular weight is 555 g/mol. The summed E-state index contributed by atoms with van der Waals surface area (Å²) in [5.41, 5.74) is 0. The molecule has 0 aliphatic heterocycles. The van der Waals surface area contributed by atoms with Crippen molar-refractivity contribution < 1.29 is 26.6 Å². The molecule has 0 amide bonds. The fourth-order valence-electron chi connectivity index (χ4n) is 4.46. The van der Waals surface area contributed by atoms with E-state index < -0.39 is 34.5 Å². The van der Waals surface area contributed by atoms with Crippen LogP contribution in [0, 0.1) is 0 Å². The molecule has 0 N–H and O–H groups in total. The van der Waals surface area contributed by atoms with E-state index in [0.29, 0.717) is 0 Å². The Morgan fingerprint density at radius 1 is 0.382 bits per heavy atom. The number of rotatable bonds is 24. The zero-order valence-corrected chi connectivity index (χ0v) is 28.3. The van der Waals surface area contributed by atoms with Gasteiger partial charge in [0.15, 0.2) is 0 Å². The fourth-order valence-corrected chi connectivity index (χ4v) is 12.3. The number of unbranched alkanes of at least 4 members (excludes halogenated alkanes) is 6. The first-order chi connectivity index (χ1) is 16.1. The lowest BCUT2D eigenvalue weighted by molar-refractivity contribution is 0.248. The van der Waals surface area contributed by atoms with Crippen molar-refractivity contribution in [3.05, 3.63) is 0 Å². The predicted molar refractivity (Wildman–Crippen MR) is 154 cm³/mol. The Morgan fingerprint density at radius 2 is 0.618 bits per heavy atom. The molecule has 34 heavy (non-hydrogen) atoms. The Labute approximate surface area is 217 Å². The van der Waals surface area contributed by atoms with E-state index in [1.807, 2.05) is 0 Å². The van der Waals surface area contributed by atoms with Crippen molar-refractivity contribution in [3.63, 3.8) is 0 Å². The maximum absolute atomic E-state index is 5.64. The minimum atomic E-state index is -1.90. The molecule has 0 aliphatic rings. The topological polar surface area (TPSA) is 55.4 Å².